The van der Waals surface area contributed by atoms with Crippen LogP contribution in [-0.4, -0.2) is 28.7 Å². The molecule has 106 valence electrons. The van der Waals surface area contributed by atoms with E-state index in [1.807, 2.05) is 36.0 Å². The molecule has 0 radical (unpaired) electrons. The van der Waals surface area contributed by atoms with E-state index >= 15 is 0 Å². The van der Waals surface area contributed by atoms with E-state index in [0.29, 0.717) is 13.1 Å². The summed E-state index contributed by atoms with van der Waals surface area (Å²) in [6.45, 7) is 1.23. The molecule has 2 N–H and O–H groups in total. The number of benzene rings is 1. The first-order chi connectivity index (χ1) is 9.74. The Hall–Kier alpha value is -2.30. The fourth-order valence-corrected chi connectivity index (χ4v) is 1.93. The number of rotatable bonds is 6. The Morgan fingerprint density at radius 3 is 2.50 bits per heavy atom. The van der Waals surface area contributed by atoms with E-state index in [2.05, 4.69) is 27.8 Å². The monoisotopic (exact) mass is 272 g/mol. The van der Waals surface area contributed by atoms with Crippen LogP contribution in [-0.2, 0) is 19.9 Å². The highest BCUT2D eigenvalue weighted by atomic mass is 16.2. The van der Waals surface area contributed by atoms with Gasteiger partial charge >= 0.3 is 6.03 Å². The van der Waals surface area contributed by atoms with Gasteiger partial charge in [-0.1, -0.05) is 30.3 Å². The Morgan fingerprint density at radius 1 is 1.15 bits per heavy atom. The fourth-order valence-electron chi connectivity index (χ4n) is 1.93. The van der Waals surface area contributed by atoms with Crippen LogP contribution in [0.4, 0.5) is 4.79 Å². The molecule has 1 aromatic carbocycles. The van der Waals surface area contributed by atoms with Gasteiger partial charge in [0.25, 0.3) is 0 Å². The third-order valence-corrected chi connectivity index (χ3v) is 2.97. The van der Waals surface area contributed by atoms with Gasteiger partial charge < -0.3 is 15.2 Å². The molecule has 0 aliphatic rings. The molecule has 5 heteroatoms. The maximum Gasteiger partial charge on any atom is 0.314 e. The van der Waals surface area contributed by atoms with Crippen molar-refractivity contribution in [2.45, 2.75) is 12.8 Å². The van der Waals surface area contributed by atoms with Gasteiger partial charge in [0.1, 0.15) is 0 Å². The average molecular weight is 272 g/mol. The highest BCUT2D eigenvalue weighted by molar-refractivity contribution is 5.73. The van der Waals surface area contributed by atoms with Gasteiger partial charge in [-0.05, 0) is 12.0 Å². The zero-order valence-electron chi connectivity index (χ0n) is 11.7. The van der Waals surface area contributed by atoms with Crippen molar-refractivity contribution in [2.75, 3.05) is 13.1 Å². The van der Waals surface area contributed by atoms with Crippen LogP contribution in [0.5, 0.6) is 0 Å². The van der Waals surface area contributed by atoms with Gasteiger partial charge in [-0.25, -0.2) is 9.78 Å². The third-order valence-electron chi connectivity index (χ3n) is 2.97. The van der Waals surface area contributed by atoms with Crippen molar-refractivity contribution < 1.29 is 4.79 Å². The first-order valence-corrected chi connectivity index (χ1v) is 6.76. The van der Waals surface area contributed by atoms with Crippen molar-refractivity contribution in [1.82, 2.24) is 20.2 Å². The maximum atomic E-state index is 11.6. The van der Waals surface area contributed by atoms with Crippen molar-refractivity contribution in [1.29, 1.82) is 0 Å². The van der Waals surface area contributed by atoms with Crippen LogP contribution in [0, 0.1) is 0 Å². The van der Waals surface area contributed by atoms with Crippen LogP contribution < -0.4 is 10.6 Å². The minimum absolute atomic E-state index is 0.128. The summed E-state index contributed by atoms with van der Waals surface area (Å²) < 4.78 is 1.90. The number of hydrogen-bond acceptors (Lipinski definition) is 2. The highest BCUT2D eigenvalue weighted by Crippen LogP contribution is 1.98. The first-order valence-electron chi connectivity index (χ1n) is 6.76. The molecule has 20 heavy (non-hydrogen) atoms. The second-order valence-corrected chi connectivity index (χ2v) is 4.70. The molecule has 2 rings (SSSR count). The number of urea groups is 1. The summed E-state index contributed by atoms with van der Waals surface area (Å²) in [5.74, 6) is 0. The number of aryl methyl sites for hydroxylation is 1. The van der Waals surface area contributed by atoms with Crippen molar-refractivity contribution in [3.8, 4) is 0 Å². The molecule has 2 amide bonds. The molecule has 1 aromatic heterocycles. The molecule has 0 aliphatic carbocycles. The standard InChI is InChI=1S/C15H20N4O/c1-19-11-14(18-12-19)8-10-17-15(20)16-9-7-13-5-3-2-4-6-13/h2-6,11-12H,7-10H2,1H3,(H2,16,17,20). The lowest BCUT2D eigenvalue weighted by Gasteiger charge is -2.07. The average Bonchev–Trinajstić information content (AvgIpc) is 2.86. The zero-order chi connectivity index (χ0) is 14.2. The molecule has 2 aromatic rings. The van der Waals surface area contributed by atoms with E-state index in [0.717, 1.165) is 18.5 Å². The molecule has 0 saturated heterocycles. The topological polar surface area (TPSA) is 59.0 Å². The smallest absolute Gasteiger partial charge is 0.314 e. The summed E-state index contributed by atoms with van der Waals surface area (Å²) in [6, 6.07) is 9.98. The number of carbonyl (C=O) groups is 1. The Labute approximate surface area is 119 Å². The quantitative estimate of drug-likeness (QED) is 0.837. The van der Waals surface area contributed by atoms with E-state index in [-0.39, 0.29) is 6.03 Å². The maximum absolute atomic E-state index is 11.6. The summed E-state index contributed by atoms with van der Waals surface area (Å²) in [6.07, 6.45) is 5.30. The van der Waals surface area contributed by atoms with Crippen LogP contribution in [0.2, 0.25) is 0 Å². The van der Waals surface area contributed by atoms with Crippen LogP contribution in [0.25, 0.3) is 0 Å². The van der Waals surface area contributed by atoms with Crippen molar-refractivity contribution in [2.24, 2.45) is 7.05 Å². The van der Waals surface area contributed by atoms with Crippen molar-refractivity contribution >= 4 is 6.03 Å². The van der Waals surface area contributed by atoms with E-state index in [1.54, 1.807) is 6.33 Å². The van der Waals surface area contributed by atoms with Crippen molar-refractivity contribution in [3.63, 3.8) is 0 Å². The Bertz CT molecular complexity index is 536. The molecule has 0 atom stereocenters. The van der Waals surface area contributed by atoms with Gasteiger partial charge in [0.05, 0.1) is 12.0 Å². The number of aromatic nitrogens is 2. The minimum atomic E-state index is -0.128. The van der Waals surface area contributed by atoms with Gasteiger partial charge in [-0.15, -0.1) is 0 Å². The molecule has 0 spiro atoms. The van der Waals surface area contributed by atoms with Gasteiger partial charge in [0.15, 0.2) is 0 Å². The fraction of sp³-hybridized carbons (Fsp3) is 0.333. The molecule has 0 fully saturated rings. The summed E-state index contributed by atoms with van der Waals surface area (Å²) >= 11 is 0. The Balaban J connectivity index is 1.59. The summed E-state index contributed by atoms with van der Waals surface area (Å²) in [5.41, 5.74) is 2.21. The summed E-state index contributed by atoms with van der Waals surface area (Å²) in [5, 5.41) is 5.67. The number of amides is 2. The van der Waals surface area contributed by atoms with E-state index in [4.69, 9.17) is 0 Å². The lowest BCUT2D eigenvalue weighted by Crippen LogP contribution is -2.37. The molecule has 0 aliphatic heterocycles. The van der Waals surface area contributed by atoms with Crippen LogP contribution >= 0.6 is 0 Å². The second-order valence-electron chi connectivity index (χ2n) is 4.70. The molecule has 0 saturated carbocycles. The second kappa shape index (κ2) is 7.33. The van der Waals surface area contributed by atoms with E-state index < -0.39 is 0 Å². The zero-order valence-corrected chi connectivity index (χ0v) is 11.7. The van der Waals surface area contributed by atoms with Gasteiger partial charge in [0.2, 0.25) is 0 Å². The highest BCUT2D eigenvalue weighted by Gasteiger charge is 2.01. The van der Waals surface area contributed by atoms with Crippen LogP contribution in [0.1, 0.15) is 11.3 Å². The molecule has 1 heterocycles. The molecule has 0 bridgehead atoms. The third kappa shape index (κ3) is 4.76. The number of nitrogens with zero attached hydrogens (tertiary/aromatic N) is 2. The van der Waals surface area contributed by atoms with Gasteiger partial charge in [-0.3, -0.25) is 0 Å². The first kappa shape index (κ1) is 14.1. The van der Waals surface area contributed by atoms with Crippen LogP contribution in [0.15, 0.2) is 42.9 Å². The molecular weight excluding hydrogens is 252 g/mol. The Morgan fingerprint density at radius 2 is 1.85 bits per heavy atom. The summed E-state index contributed by atoms with van der Waals surface area (Å²) in [7, 11) is 1.93. The van der Waals surface area contributed by atoms with Gasteiger partial charge in [-0.2, -0.15) is 0 Å². The SMILES string of the molecule is Cn1cnc(CCNC(=O)NCCc2ccccc2)c1. The molecular formula is C15H20N4O. The van der Waals surface area contributed by atoms with E-state index in [1.165, 1.54) is 5.56 Å². The van der Waals surface area contributed by atoms with Crippen molar-refractivity contribution in [3.05, 3.63) is 54.1 Å². The molecule has 0 unspecified atom stereocenters. The van der Waals surface area contributed by atoms with Crippen LogP contribution in [0.3, 0.4) is 0 Å². The number of imidazole rings is 1. The summed E-state index contributed by atoms with van der Waals surface area (Å²) in [4.78, 5) is 15.8. The predicted octanol–water partition coefficient (Wildman–Crippen LogP) is 1.50. The largest absolute Gasteiger partial charge is 0.340 e. The molecule has 5 nitrogen and oxygen atoms in total. The van der Waals surface area contributed by atoms with E-state index in [9.17, 15) is 4.79 Å². The lowest BCUT2D eigenvalue weighted by molar-refractivity contribution is 0.241. The lowest BCUT2D eigenvalue weighted by atomic mass is 10.1. The number of hydrogen-bond donors (Lipinski definition) is 2. The Kier molecular flexibility index (Phi) is 5.17. The normalized spacial score (nSPS) is 10.2. The number of carbonyl (C=O) groups excluding carboxylic acids is 1. The predicted molar refractivity (Wildman–Crippen MR) is 78.5 cm³/mol. The number of nitrogens with one attached hydrogen (secondary N) is 2. The van der Waals surface area contributed by atoms with Gasteiger partial charge in [0, 0.05) is 32.8 Å². The minimum Gasteiger partial charge on any atom is -0.340 e.